The maximum Gasteiger partial charge on any atom is 0.196 e. The lowest BCUT2D eigenvalue weighted by molar-refractivity contribution is 0.400. The largest absolute Gasteiger partial charge is 0.369 e. The lowest BCUT2D eigenvalue weighted by Gasteiger charge is -2.39. The maximum absolute atomic E-state index is 6.19. The van der Waals surface area contributed by atoms with Crippen LogP contribution in [0.5, 0.6) is 0 Å². The third-order valence-corrected chi connectivity index (χ3v) is 4.53. The second-order valence-electron chi connectivity index (χ2n) is 5.99. The van der Waals surface area contributed by atoms with E-state index in [1.165, 1.54) is 49.8 Å². The van der Waals surface area contributed by atoms with Crippen LogP contribution in [0.2, 0.25) is 0 Å². The van der Waals surface area contributed by atoms with Crippen LogP contribution in [-0.2, 0) is 0 Å². The first-order valence-corrected chi connectivity index (χ1v) is 7.38. The predicted octanol–water partition coefficient (Wildman–Crippen LogP) is 3.22. The van der Waals surface area contributed by atoms with E-state index < -0.39 is 0 Å². The first kappa shape index (κ1) is 12.5. The zero-order valence-corrected chi connectivity index (χ0v) is 11.7. The van der Waals surface area contributed by atoms with E-state index in [0.717, 1.165) is 6.54 Å². The molecule has 3 nitrogen and oxygen atoms in total. The fraction of sp³-hybridized carbons (Fsp3) is 0.562. The van der Waals surface area contributed by atoms with Crippen molar-refractivity contribution in [1.29, 1.82) is 0 Å². The van der Waals surface area contributed by atoms with E-state index in [1.807, 2.05) is 0 Å². The molecular weight excluding hydrogens is 234 g/mol. The minimum absolute atomic E-state index is 0.147. The van der Waals surface area contributed by atoms with E-state index >= 15 is 0 Å². The quantitative estimate of drug-likeness (QED) is 0.839. The molecule has 3 heteroatoms. The highest BCUT2D eigenvalue weighted by Crippen LogP contribution is 2.39. The molecule has 1 saturated carbocycles. The number of anilines is 1. The van der Waals surface area contributed by atoms with Gasteiger partial charge in [-0.2, -0.15) is 0 Å². The van der Waals surface area contributed by atoms with Crippen molar-refractivity contribution in [3.63, 3.8) is 0 Å². The van der Waals surface area contributed by atoms with Gasteiger partial charge in [-0.15, -0.1) is 0 Å². The van der Waals surface area contributed by atoms with Gasteiger partial charge in [0.05, 0.1) is 12.1 Å². The zero-order valence-electron chi connectivity index (χ0n) is 11.7. The van der Waals surface area contributed by atoms with Gasteiger partial charge in [0, 0.05) is 5.69 Å². The van der Waals surface area contributed by atoms with Gasteiger partial charge in [-0.1, -0.05) is 37.8 Å². The third-order valence-electron chi connectivity index (χ3n) is 4.53. The number of rotatable bonds is 1. The molecule has 0 atom stereocenters. The third kappa shape index (κ3) is 2.22. The molecule has 1 heterocycles. The van der Waals surface area contributed by atoms with Crippen LogP contribution in [0.3, 0.4) is 0 Å². The Kier molecular flexibility index (Phi) is 3.21. The van der Waals surface area contributed by atoms with Crippen molar-refractivity contribution in [3.05, 3.63) is 29.8 Å². The molecule has 2 N–H and O–H groups in total. The summed E-state index contributed by atoms with van der Waals surface area (Å²) in [6, 6.07) is 8.63. The molecule has 1 aromatic rings. The Morgan fingerprint density at radius 1 is 1.16 bits per heavy atom. The van der Waals surface area contributed by atoms with Crippen LogP contribution in [0.1, 0.15) is 44.1 Å². The number of benzene rings is 1. The summed E-state index contributed by atoms with van der Waals surface area (Å²) in [5, 5.41) is 0. The standard InChI is InChI=1S/C16H23N3/c1-13-7-6-8-14(11-13)19-15(17)18-12-16(19)9-4-2-3-5-10-16/h6-8,11H,2-5,9-10,12H2,1H3,(H2,17,18). The van der Waals surface area contributed by atoms with Crippen LogP contribution in [0.15, 0.2) is 29.3 Å². The van der Waals surface area contributed by atoms with E-state index in [-0.39, 0.29) is 5.54 Å². The fourth-order valence-corrected chi connectivity index (χ4v) is 3.55. The second-order valence-corrected chi connectivity index (χ2v) is 5.99. The number of aliphatic imine (C=N–C) groups is 1. The van der Waals surface area contributed by atoms with Gasteiger partial charge in [-0.25, -0.2) is 0 Å². The van der Waals surface area contributed by atoms with Crippen molar-refractivity contribution in [3.8, 4) is 0 Å². The smallest absolute Gasteiger partial charge is 0.196 e. The number of hydrogen-bond donors (Lipinski definition) is 1. The number of hydrogen-bond acceptors (Lipinski definition) is 3. The van der Waals surface area contributed by atoms with Crippen molar-refractivity contribution in [2.24, 2.45) is 10.7 Å². The Morgan fingerprint density at radius 3 is 2.58 bits per heavy atom. The van der Waals surface area contributed by atoms with Gasteiger partial charge < -0.3 is 10.6 Å². The van der Waals surface area contributed by atoms with Gasteiger partial charge in [-0.05, 0) is 37.5 Å². The first-order chi connectivity index (χ1) is 9.21. The Hall–Kier alpha value is -1.51. The van der Waals surface area contributed by atoms with Crippen molar-refractivity contribution >= 4 is 11.6 Å². The van der Waals surface area contributed by atoms with E-state index in [0.29, 0.717) is 5.96 Å². The highest BCUT2D eigenvalue weighted by Gasteiger charge is 2.42. The zero-order chi connectivity index (χ0) is 13.3. The van der Waals surface area contributed by atoms with Crippen molar-refractivity contribution in [2.75, 3.05) is 11.4 Å². The highest BCUT2D eigenvalue weighted by molar-refractivity contribution is 5.98. The van der Waals surface area contributed by atoms with Crippen molar-refractivity contribution in [1.82, 2.24) is 0 Å². The summed E-state index contributed by atoms with van der Waals surface area (Å²) < 4.78 is 0. The van der Waals surface area contributed by atoms with Crippen LogP contribution in [0.4, 0.5) is 5.69 Å². The summed E-state index contributed by atoms with van der Waals surface area (Å²) in [5.41, 5.74) is 8.83. The van der Waals surface area contributed by atoms with Gasteiger partial charge in [0.2, 0.25) is 0 Å². The summed E-state index contributed by atoms with van der Waals surface area (Å²) in [6.07, 6.45) is 7.72. The molecule has 102 valence electrons. The van der Waals surface area contributed by atoms with E-state index in [2.05, 4.69) is 41.1 Å². The Labute approximate surface area is 115 Å². The molecule has 2 aliphatic rings. The number of nitrogens with zero attached hydrogens (tertiary/aromatic N) is 2. The molecule has 1 aliphatic carbocycles. The van der Waals surface area contributed by atoms with Crippen LogP contribution in [-0.4, -0.2) is 18.0 Å². The average molecular weight is 257 g/mol. The molecule has 3 rings (SSSR count). The number of guanidine groups is 1. The average Bonchev–Trinajstić information content (AvgIpc) is 2.58. The van der Waals surface area contributed by atoms with Crippen LogP contribution in [0, 0.1) is 6.92 Å². The maximum atomic E-state index is 6.19. The lowest BCUT2D eigenvalue weighted by Crippen LogP contribution is -2.51. The Bertz CT molecular complexity index is 485. The topological polar surface area (TPSA) is 41.6 Å². The summed E-state index contributed by atoms with van der Waals surface area (Å²) in [7, 11) is 0. The first-order valence-electron chi connectivity index (χ1n) is 7.38. The monoisotopic (exact) mass is 257 g/mol. The summed E-state index contributed by atoms with van der Waals surface area (Å²) >= 11 is 0. The second kappa shape index (κ2) is 4.87. The molecule has 1 aliphatic heterocycles. The van der Waals surface area contributed by atoms with E-state index in [9.17, 15) is 0 Å². The molecule has 1 aromatic carbocycles. The van der Waals surface area contributed by atoms with E-state index in [1.54, 1.807) is 0 Å². The molecule has 19 heavy (non-hydrogen) atoms. The molecule has 1 fully saturated rings. The van der Waals surface area contributed by atoms with Gasteiger partial charge in [0.1, 0.15) is 0 Å². The molecule has 0 bridgehead atoms. The normalized spacial score (nSPS) is 22.4. The van der Waals surface area contributed by atoms with Crippen LogP contribution >= 0.6 is 0 Å². The summed E-state index contributed by atoms with van der Waals surface area (Å²) in [5.74, 6) is 0.701. The molecule has 0 saturated heterocycles. The van der Waals surface area contributed by atoms with Gasteiger partial charge >= 0.3 is 0 Å². The Morgan fingerprint density at radius 2 is 1.89 bits per heavy atom. The minimum atomic E-state index is 0.147. The van der Waals surface area contributed by atoms with Crippen molar-refractivity contribution < 1.29 is 0 Å². The highest BCUT2D eigenvalue weighted by atomic mass is 15.4. The molecule has 0 amide bonds. The summed E-state index contributed by atoms with van der Waals surface area (Å²) in [6.45, 7) is 3.00. The van der Waals surface area contributed by atoms with Gasteiger partial charge in [0.25, 0.3) is 0 Å². The summed E-state index contributed by atoms with van der Waals surface area (Å²) in [4.78, 5) is 6.87. The van der Waals surface area contributed by atoms with Crippen LogP contribution in [0.25, 0.3) is 0 Å². The SMILES string of the molecule is Cc1cccc(N2C(N)=NCC23CCCCCC3)c1. The van der Waals surface area contributed by atoms with Gasteiger partial charge in [-0.3, -0.25) is 4.99 Å². The molecule has 0 radical (unpaired) electrons. The number of aryl methyl sites for hydroxylation is 1. The molecule has 0 aromatic heterocycles. The number of nitrogens with two attached hydrogens (primary N) is 1. The van der Waals surface area contributed by atoms with Crippen molar-refractivity contribution in [2.45, 2.75) is 51.0 Å². The molecular formula is C16H23N3. The van der Waals surface area contributed by atoms with Crippen LogP contribution < -0.4 is 10.6 Å². The molecule has 0 unspecified atom stereocenters. The lowest BCUT2D eigenvalue weighted by atomic mass is 9.88. The van der Waals surface area contributed by atoms with E-state index in [4.69, 9.17) is 5.73 Å². The Balaban J connectivity index is 1.97. The van der Waals surface area contributed by atoms with Gasteiger partial charge in [0.15, 0.2) is 5.96 Å². The minimum Gasteiger partial charge on any atom is -0.369 e. The molecule has 1 spiro atoms. The predicted molar refractivity (Wildman–Crippen MR) is 80.6 cm³/mol. The fourth-order valence-electron chi connectivity index (χ4n) is 3.55.